The molecule has 0 saturated carbocycles. The van der Waals surface area contributed by atoms with Gasteiger partial charge in [-0.2, -0.15) is 0 Å². The summed E-state index contributed by atoms with van der Waals surface area (Å²) >= 11 is 1.45. The molecular formula is C20H25N3O4S. The third-order valence-electron chi connectivity index (χ3n) is 4.09. The second kappa shape index (κ2) is 10.6. The number of ether oxygens (including phenoxy) is 1. The van der Waals surface area contributed by atoms with E-state index in [4.69, 9.17) is 4.74 Å². The molecule has 0 aliphatic heterocycles. The fourth-order valence-electron chi connectivity index (χ4n) is 2.27. The van der Waals surface area contributed by atoms with Crippen LogP contribution < -0.4 is 10.6 Å². The minimum Gasteiger partial charge on any atom is -0.455 e. The normalized spacial score (nSPS) is 11.5. The van der Waals surface area contributed by atoms with Crippen LogP contribution in [0.2, 0.25) is 0 Å². The molecule has 3 amide bonds. The van der Waals surface area contributed by atoms with Gasteiger partial charge in [0.15, 0.2) is 6.61 Å². The number of aromatic nitrogens is 1. The van der Waals surface area contributed by atoms with Crippen molar-refractivity contribution in [3.63, 3.8) is 0 Å². The Kier molecular flexibility index (Phi) is 8.13. The van der Waals surface area contributed by atoms with Crippen LogP contribution in [0.15, 0.2) is 29.6 Å². The Morgan fingerprint density at radius 3 is 2.54 bits per heavy atom. The zero-order valence-electron chi connectivity index (χ0n) is 16.3. The Morgan fingerprint density at radius 1 is 1.18 bits per heavy atom. The largest absolute Gasteiger partial charge is 0.455 e. The molecule has 0 spiro atoms. The van der Waals surface area contributed by atoms with E-state index >= 15 is 0 Å². The van der Waals surface area contributed by atoms with Crippen molar-refractivity contribution in [1.82, 2.24) is 15.6 Å². The van der Waals surface area contributed by atoms with Crippen LogP contribution in [0.25, 0.3) is 10.6 Å². The Balaban J connectivity index is 1.79. The first-order chi connectivity index (χ1) is 13.4. The van der Waals surface area contributed by atoms with Gasteiger partial charge in [0.1, 0.15) is 5.01 Å². The second-order valence-corrected chi connectivity index (χ2v) is 7.22. The van der Waals surface area contributed by atoms with E-state index in [2.05, 4.69) is 34.7 Å². The summed E-state index contributed by atoms with van der Waals surface area (Å²) in [7, 11) is 0. The van der Waals surface area contributed by atoms with E-state index in [1.165, 1.54) is 16.9 Å². The van der Waals surface area contributed by atoms with Crippen molar-refractivity contribution in [2.24, 2.45) is 0 Å². The third kappa shape index (κ3) is 6.77. The van der Waals surface area contributed by atoms with Gasteiger partial charge < -0.3 is 10.1 Å². The minimum atomic E-state index is -0.677. The van der Waals surface area contributed by atoms with Crippen LogP contribution >= 0.6 is 11.3 Å². The molecule has 1 aromatic carbocycles. The number of thiazole rings is 1. The molecule has 0 fully saturated rings. The number of amides is 3. The van der Waals surface area contributed by atoms with Crippen molar-refractivity contribution >= 4 is 29.2 Å². The number of esters is 1. The number of carbonyl (C=O) groups excluding carboxylic acids is 3. The van der Waals surface area contributed by atoms with E-state index in [1.54, 1.807) is 5.38 Å². The zero-order chi connectivity index (χ0) is 20.5. The summed E-state index contributed by atoms with van der Waals surface area (Å²) in [4.78, 5) is 39.6. The monoisotopic (exact) mass is 403 g/mol. The van der Waals surface area contributed by atoms with Gasteiger partial charge in [-0.05, 0) is 25.3 Å². The van der Waals surface area contributed by atoms with Gasteiger partial charge in [0.25, 0.3) is 5.91 Å². The fourth-order valence-corrected chi connectivity index (χ4v) is 3.10. The molecular weight excluding hydrogens is 378 g/mol. The molecule has 0 unspecified atom stereocenters. The van der Waals surface area contributed by atoms with Crippen molar-refractivity contribution in [3.05, 3.63) is 40.9 Å². The molecule has 2 rings (SSSR count). The van der Waals surface area contributed by atoms with E-state index < -0.39 is 24.5 Å². The van der Waals surface area contributed by atoms with Gasteiger partial charge in [-0.3, -0.25) is 14.9 Å². The van der Waals surface area contributed by atoms with Gasteiger partial charge in [0.05, 0.1) is 12.1 Å². The number of urea groups is 1. The lowest BCUT2D eigenvalue weighted by atomic mass is 10.1. The number of hydrogen-bond donors (Lipinski definition) is 2. The highest BCUT2D eigenvalue weighted by Crippen LogP contribution is 2.24. The average Bonchev–Trinajstić information content (AvgIpc) is 3.14. The Hall–Kier alpha value is -2.74. The van der Waals surface area contributed by atoms with E-state index in [1.807, 2.05) is 26.0 Å². The molecule has 0 aliphatic rings. The molecule has 7 nitrogen and oxygen atoms in total. The highest BCUT2D eigenvalue weighted by molar-refractivity contribution is 7.13. The maximum Gasteiger partial charge on any atom is 0.321 e. The molecule has 0 saturated heterocycles. The van der Waals surface area contributed by atoms with Crippen LogP contribution in [-0.4, -0.2) is 35.5 Å². The van der Waals surface area contributed by atoms with Crippen molar-refractivity contribution in [1.29, 1.82) is 0 Å². The Labute approximate surface area is 168 Å². The van der Waals surface area contributed by atoms with Crippen LogP contribution in [0, 0.1) is 0 Å². The van der Waals surface area contributed by atoms with Crippen LogP contribution in [0.3, 0.4) is 0 Å². The van der Waals surface area contributed by atoms with E-state index in [-0.39, 0.29) is 12.5 Å². The second-order valence-electron chi connectivity index (χ2n) is 6.36. The molecule has 1 atom stereocenters. The molecule has 8 heteroatoms. The Morgan fingerprint density at radius 2 is 1.89 bits per heavy atom. The maximum atomic E-state index is 11.9. The molecule has 0 radical (unpaired) electrons. The van der Waals surface area contributed by atoms with Crippen molar-refractivity contribution in [3.8, 4) is 10.6 Å². The number of carbonyl (C=O) groups is 3. The first kappa shape index (κ1) is 21.6. The van der Waals surface area contributed by atoms with Gasteiger partial charge in [0, 0.05) is 17.0 Å². The Bertz CT molecular complexity index is 817. The molecule has 150 valence electrons. The predicted molar refractivity (Wildman–Crippen MR) is 108 cm³/mol. The van der Waals surface area contributed by atoms with Gasteiger partial charge in [-0.1, -0.05) is 38.1 Å². The minimum absolute atomic E-state index is 0.0319. The first-order valence-corrected chi connectivity index (χ1v) is 10.1. The molecule has 2 N–H and O–H groups in total. The molecule has 0 aliphatic carbocycles. The fraction of sp³-hybridized carbons (Fsp3) is 0.400. The summed E-state index contributed by atoms with van der Waals surface area (Å²) in [5.74, 6) is -1.25. The lowest BCUT2D eigenvalue weighted by Crippen LogP contribution is -2.44. The van der Waals surface area contributed by atoms with Crippen LogP contribution in [-0.2, 0) is 27.2 Å². The smallest absolute Gasteiger partial charge is 0.321 e. The molecule has 2 aromatic rings. The number of rotatable bonds is 8. The van der Waals surface area contributed by atoms with E-state index in [9.17, 15) is 14.4 Å². The number of nitrogens with zero attached hydrogens (tertiary/aromatic N) is 1. The molecule has 28 heavy (non-hydrogen) atoms. The third-order valence-corrected chi connectivity index (χ3v) is 5.03. The SMILES string of the molecule is CCc1ccc(-c2nc(CC(=O)OCC(=O)NC(=O)N[C@@H](C)CC)cs2)cc1. The van der Waals surface area contributed by atoms with Crippen molar-refractivity contribution in [2.75, 3.05) is 6.61 Å². The van der Waals surface area contributed by atoms with E-state index in [0.717, 1.165) is 23.4 Å². The summed E-state index contributed by atoms with van der Waals surface area (Å²) in [6, 6.07) is 7.48. The van der Waals surface area contributed by atoms with Crippen LogP contribution in [0.5, 0.6) is 0 Å². The predicted octanol–water partition coefficient (Wildman–Crippen LogP) is 3.08. The van der Waals surface area contributed by atoms with Crippen molar-refractivity contribution in [2.45, 2.75) is 46.1 Å². The first-order valence-electron chi connectivity index (χ1n) is 9.20. The molecule has 1 heterocycles. The van der Waals surface area contributed by atoms with Gasteiger partial charge in [-0.15, -0.1) is 11.3 Å². The summed E-state index contributed by atoms with van der Waals surface area (Å²) in [6.45, 7) is 5.33. The van der Waals surface area contributed by atoms with Gasteiger partial charge >= 0.3 is 12.0 Å². The standard InChI is InChI=1S/C20H25N3O4S/c1-4-13(3)21-20(26)23-17(24)11-27-18(25)10-16-12-28-19(22-16)15-8-6-14(5-2)7-9-15/h6-9,12-13H,4-5,10-11H2,1-3H3,(H2,21,23,24,26)/t13-/m0/s1. The number of benzene rings is 1. The topological polar surface area (TPSA) is 97.4 Å². The summed E-state index contributed by atoms with van der Waals surface area (Å²) < 4.78 is 4.92. The lowest BCUT2D eigenvalue weighted by Gasteiger charge is -2.11. The average molecular weight is 404 g/mol. The molecule has 0 bridgehead atoms. The molecule has 1 aromatic heterocycles. The summed E-state index contributed by atoms with van der Waals surface area (Å²) in [5.41, 5.74) is 2.83. The number of aryl methyl sites for hydroxylation is 1. The lowest BCUT2D eigenvalue weighted by molar-refractivity contribution is -0.147. The maximum absolute atomic E-state index is 11.9. The number of imide groups is 1. The summed E-state index contributed by atoms with van der Waals surface area (Å²) in [5, 5.41) is 7.33. The van der Waals surface area contributed by atoms with Crippen molar-refractivity contribution < 1.29 is 19.1 Å². The van der Waals surface area contributed by atoms with Crippen LogP contribution in [0.1, 0.15) is 38.4 Å². The summed E-state index contributed by atoms with van der Waals surface area (Å²) in [6.07, 6.45) is 1.69. The number of hydrogen-bond acceptors (Lipinski definition) is 6. The highest BCUT2D eigenvalue weighted by Gasteiger charge is 2.14. The van der Waals surface area contributed by atoms with Gasteiger partial charge in [-0.25, -0.2) is 9.78 Å². The highest BCUT2D eigenvalue weighted by atomic mass is 32.1. The number of nitrogens with one attached hydrogen (secondary N) is 2. The quantitative estimate of drug-likeness (QED) is 0.660. The van der Waals surface area contributed by atoms with Crippen LogP contribution in [0.4, 0.5) is 4.79 Å². The zero-order valence-corrected chi connectivity index (χ0v) is 17.1. The van der Waals surface area contributed by atoms with Gasteiger partial charge in [0.2, 0.25) is 0 Å². The van der Waals surface area contributed by atoms with E-state index in [0.29, 0.717) is 5.69 Å².